The van der Waals surface area contributed by atoms with Crippen molar-refractivity contribution in [2.45, 2.75) is 20.8 Å². The Balaban J connectivity index is 2.28. The molecule has 0 saturated carbocycles. The lowest BCUT2D eigenvalue weighted by Crippen LogP contribution is -2.22. The highest BCUT2D eigenvalue weighted by Gasteiger charge is 2.08. The predicted molar refractivity (Wildman–Crippen MR) is 81.9 cm³/mol. The first-order valence-electron chi connectivity index (χ1n) is 6.36. The van der Waals surface area contributed by atoms with E-state index in [1.165, 1.54) is 18.2 Å². The lowest BCUT2D eigenvalue weighted by atomic mass is 10.1. The van der Waals surface area contributed by atoms with E-state index in [0.29, 0.717) is 10.7 Å². The monoisotopic (exact) mass is 304 g/mol. The molecule has 5 nitrogen and oxygen atoms in total. The van der Waals surface area contributed by atoms with Crippen LogP contribution in [0.4, 0.5) is 5.69 Å². The van der Waals surface area contributed by atoms with Gasteiger partial charge in [0.1, 0.15) is 0 Å². The van der Waals surface area contributed by atoms with Gasteiger partial charge >= 0.3 is 0 Å². The number of hydrogen-bond donors (Lipinski definition) is 2. The van der Waals surface area contributed by atoms with Gasteiger partial charge in [-0.25, -0.2) is 0 Å². The van der Waals surface area contributed by atoms with Crippen LogP contribution >= 0.6 is 11.6 Å². The average molecular weight is 305 g/mol. The molecule has 0 atom stereocenters. The number of halogens is 1. The highest BCUT2D eigenvalue weighted by atomic mass is 35.5. The van der Waals surface area contributed by atoms with Crippen molar-refractivity contribution in [1.29, 1.82) is 0 Å². The van der Waals surface area contributed by atoms with Crippen molar-refractivity contribution in [2.24, 2.45) is 5.10 Å². The molecule has 0 spiro atoms. The minimum atomic E-state index is -1.26. The van der Waals surface area contributed by atoms with Crippen molar-refractivity contribution in [2.75, 3.05) is 5.43 Å². The third-order valence-electron chi connectivity index (χ3n) is 3.18. The number of carboxylic acids is 1. The third kappa shape index (κ3) is 3.25. The maximum atomic E-state index is 10.9. The number of aromatic carboxylic acids is 1. The second-order valence-electron chi connectivity index (χ2n) is 4.76. The summed E-state index contributed by atoms with van der Waals surface area (Å²) in [6, 6.07) is 4.28. The largest absolute Gasteiger partial charge is 0.545 e. The van der Waals surface area contributed by atoms with Gasteiger partial charge in [0, 0.05) is 17.5 Å². The van der Waals surface area contributed by atoms with E-state index < -0.39 is 5.97 Å². The fraction of sp³-hybridized carbons (Fsp3) is 0.200. The number of carbonyl (C=O) groups is 1. The number of anilines is 1. The van der Waals surface area contributed by atoms with Crippen molar-refractivity contribution in [3.63, 3.8) is 0 Å². The molecular formula is C15H15ClN3O2-. The van der Waals surface area contributed by atoms with Crippen LogP contribution in [0.5, 0.6) is 0 Å². The maximum absolute atomic E-state index is 10.9. The van der Waals surface area contributed by atoms with E-state index >= 15 is 0 Å². The molecule has 0 aliphatic heterocycles. The van der Waals surface area contributed by atoms with Crippen molar-refractivity contribution < 1.29 is 9.90 Å². The minimum absolute atomic E-state index is 0.0451. The van der Waals surface area contributed by atoms with E-state index in [1.807, 2.05) is 27.0 Å². The predicted octanol–water partition coefficient (Wildman–Crippen LogP) is 2.48. The van der Waals surface area contributed by atoms with Gasteiger partial charge in [-0.15, -0.1) is 0 Å². The Bertz CT molecular complexity index is 700. The van der Waals surface area contributed by atoms with Crippen LogP contribution in [0.3, 0.4) is 0 Å². The third-order valence-corrected chi connectivity index (χ3v) is 3.51. The SMILES string of the molecule is C/C(=N\Nc1cc(C(=O)[O-])ccc1Cl)c1c(C)c[nH]c1C. The number of aromatic nitrogens is 1. The Morgan fingerprint density at radius 3 is 2.67 bits per heavy atom. The van der Waals surface area contributed by atoms with Crippen LogP contribution in [0, 0.1) is 13.8 Å². The molecule has 110 valence electrons. The quantitative estimate of drug-likeness (QED) is 0.672. The van der Waals surface area contributed by atoms with Crippen molar-refractivity contribution in [1.82, 2.24) is 4.98 Å². The molecule has 1 aromatic heterocycles. The second-order valence-corrected chi connectivity index (χ2v) is 5.17. The van der Waals surface area contributed by atoms with E-state index in [-0.39, 0.29) is 5.56 Å². The molecule has 2 aromatic rings. The molecule has 0 saturated heterocycles. The molecular weight excluding hydrogens is 290 g/mol. The molecule has 0 radical (unpaired) electrons. The molecule has 0 amide bonds. The van der Waals surface area contributed by atoms with E-state index in [1.54, 1.807) is 0 Å². The Morgan fingerprint density at radius 2 is 2.10 bits per heavy atom. The van der Waals surface area contributed by atoms with Crippen molar-refractivity contribution >= 4 is 29.0 Å². The lowest BCUT2D eigenvalue weighted by molar-refractivity contribution is -0.255. The summed E-state index contributed by atoms with van der Waals surface area (Å²) in [7, 11) is 0. The number of benzene rings is 1. The van der Waals surface area contributed by atoms with Gasteiger partial charge in [0.05, 0.1) is 22.4 Å². The van der Waals surface area contributed by atoms with Crippen LogP contribution in [0.2, 0.25) is 5.02 Å². The van der Waals surface area contributed by atoms with Crippen molar-refractivity contribution in [3.8, 4) is 0 Å². The number of aryl methyl sites for hydroxylation is 2. The molecule has 6 heteroatoms. The number of nitrogens with one attached hydrogen (secondary N) is 2. The molecule has 0 bridgehead atoms. The molecule has 2 rings (SSSR count). The van der Waals surface area contributed by atoms with Gasteiger partial charge in [0.15, 0.2) is 0 Å². The number of nitrogens with zero attached hydrogens (tertiary/aromatic N) is 1. The molecule has 1 heterocycles. The zero-order chi connectivity index (χ0) is 15.6. The van der Waals surface area contributed by atoms with E-state index in [2.05, 4.69) is 15.5 Å². The summed E-state index contributed by atoms with van der Waals surface area (Å²) in [4.78, 5) is 14.0. The minimum Gasteiger partial charge on any atom is -0.545 e. The highest BCUT2D eigenvalue weighted by molar-refractivity contribution is 6.33. The van der Waals surface area contributed by atoms with Crippen LogP contribution in [0.1, 0.15) is 34.1 Å². The van der Waals surface area contributed by atoms with Gasteiger partial charge in [-0.3, -0.25) is 5.43 Å². The summed E-state index contributed by atoms with van der Waals surface area (Å²) >= 11 is 6.02. The molecule has 2 N–H and O–H groups in total. The Morgan fingerprint density at radius 1 is 1.38 bits per heavy atom. The summed E-state index contributed by atoms with van der Waals surface area (Å²) in [6.07, 6.45) is 1.91. The maximum Gasteiger partial charge on any atom is 0.0754 e. The highest BCUT2D eigenvalue weighted by Crippen LogP contribution is 2.23. The van der Waals surface area contributed by atoms with Gasteiger partial charge in [-0.05, 0) is 44.0 Å². The van der Waals surface area contributed by atoms with Crippen LogP contribution in [-0.2, 0) is 0 Å². The van der Waals surface area contributed by atoms with E-state index in [0.717, 1.165) is 22.5 Å². The first kappa shape index (κ1) is 15.1. The zero-order valence-electron chi connectivity index (χ0n) is 12.0. The topological polar surface area (TPSA) is 80.3 Å². The van der Waals surface area contributed by atoms with Gasteiger partial charge < -0.3 is 14.9 Å². The second kappa shape index (κ2) is 6.01. The van der Waals surface area contributed by atoms with E-state index in [4.69, 9.17) is 11.6 Å². The summed E-state index contributed by atoms with van der Waals surface area (Å²) < 4.78 is 0. The first-order valence-corrected chi connectivity index (χ1v) is 6.74. The van der Waals surface area contributed by atoms with Crippen LogP contribution in [0.25, 0.3) is 0 Å². The molecule has 0 unspecified atom stereocenters. The summed E-state index contributed by atoms with van der Waals surface area (Å²) in [6.45, 7) is 5.82. The van der Waals surface area contributed by atoms with Crippen molar-refractivity contribution in [3.05, 3.63) is 51.8 Å². The Hall–Kier alpha value is -2.27. The fourth-order valence-corrected chi connectivity index (χ4v) is 2.31. The van der Waals surface area contributed by atoms with Crippen LogP contribution in [-0.4, -0.2) is 16.7 Å². The van der Waals surface area contributed by atoms with Gasteiger partial charge in [0.25, 0.3) is 0 Å². The number of carbonyl (C=O) groups excluding carboxylic acids is 1. The molecule has 0 fully saturated rings. The number of carboxylic acid groups (broad SMARTS) is 1. The number of aromatic amines is 1. The van der Waals surface area contributed by atoms with E-state index in [9.17, 15) is 9.90 Å². The number of hydrogen-bond acceptors (Lipinski definition) is 4. The summed E-state index contributed by atoms with van der Waals surface area (Å²) in [5, 5.41) is 15.5. The van der Waals surface area contributed by atoms with Gasteiger partial charge in [-0.1, -0.05) is 17.7 Å². The Labute approximate surface area is 127 Å². The zero-order valence-corrected chi connectivity index (χ0v) is 12.7. The molecule has 21 heavy (non-hydrogen) atoms. The smallest absolute Gasteiger partial charge is 0.0754 e. The number of rotatable bonds is 4. The lowest BCUT2D eigenvalue weighted by Gasteiger charge is -2.09. The van der Waals surface area contributed by atoms with Gasteiger partial charge in [-0.2, -0.15) is 5.10 Å². The molecule has 0 aliphatic carbocycles. The molecule has 0 aliphatic rings. The normalized spacial score (nSPS) is 11.5. The van der Waals surface area contributed by atoms with Gasteiger partial charge in [0.2, 0.25) is 0 Å². The standard InChI is InChI=1S/C15H16ClN3O2/c1-8-7-17-9(2)14(8)10(3)18-19-13-6-11(15(20)21)4-5-12(13)16/h4-7,17,19H,1-3H3,(H,20,21)/p-1/b18-10+. The number of H-pyrrole nitrogens is 1. The van der Waals surface area contributed by atoms with Crippen LogP contribution in [0.15, 0.2) is 29.5 Å². The summed E-state index contributed by atoms with van der Waals surface area (Å²) in [5.41, 5.74) is 7.18. The van der Waals surface area contributed by atoms with Crippen LogP contribution < -0.4 is 10.5 Å². The first-order chi connectivity index (χ1) is 9.90. The fourth-order valence-electron chi connectivity index (χ4n) is 2.15. The molecule has 1 aromatic carbocycles. The average Bonchev–Trinajstić information content (AvgIpc) is 2.76. The number of hydrazone groups is 1. The Kier molecular flexibility index (Phi) is 4.33. The summed E-state index contributed by atoms with van der Waals surface area (Å²) in [5.74, 6) is -1.26.